The molecule has 0 atom stereocenters. The Labute approximate surface area is 345 Å². The van der Waals surface area contributed by atoms with Gasteiger partial charge in [0.25, 0.3) is 0 Å². The van der Waals surface area contributed by atoms with Gasteiger partial charge in [-0.1, -0.05) is 123 Å². The molecular formula is C50H38N5OPt-. The first kappa shape index (κ1) is 36.2. The fourth-order valence-electron chi connectivity index (χ4n) is 7.86. The van der Waals surface area contributed by atoms with E-state index in [1.165, 1.54) is 5.56 Å². The molecule has 3 aromatic heterocycles. The summed E-state index contributed by atoms with van der Waals surface area (Å²) in [6, 6.07) is 59.6. The van der Waals surface area contributed by atoms with Gasteiger partial charge in [0.05, 0.1) is 33.3 Å². The van der Waals surface area contributed by atoms with Gasteiger partial charge in [-0.2, -0.15) is 0 Å². The molecule has 0 spiro atoms. The molecule has 0 aliphatic heterocycles. The molecule has 0 unspecified atom stereocenters. The third-order valence-corrected chi connectivity index (χ3v) is 10.7. The molecular weight excluding hydrogens is 882 g/mol. The first-order valence-corrected chi connectivity index (χ1v) is 18.9. The quantitative estimate of drug-likeness (QED) is 0.169. The van der Waals surface area contributed by atoms with Crippen molar-refractivity contribution in [1.29, 1.82) is 0 Å². The molecule has 0 saturated heterocycles. The first-order valence-electron chi connectivity index (χ1n) is 18.9. The number of rotatable bonds is 6. The minimum atomic E-state index is -0.0423. The predicted molar refractivity (Wildman–Crippen MR) is 228 cm³/mol. The Balaban J connectivity index is 0.00000422. The number of phenols is 1. The van der Waals surface area contributed by atoms with E-state index in [9.17, 15) is 5.11 Å². The molecule has 6 nitrogen and oxygen atoms in total. The summed E-state index contributed by atoms with van der Waals surface area (Å²) in [5.41, 5.74) is 13.7. The number of nitrogens with zero attached hydrogens (tertiary/aromatic N) is 5. The van der Waals surface area contributed by atoms with Gasteiger partial charge in [0.1, 0.15) is 11.6 Å². The Hall–Kier alpha value is -6.49. The summed E-state index contributed by atoms with van der Waals surface area (Å²) < 4.78 is 6.58. The van der Waals surface area contributed by atoms with Gasteiger partial charge >= 0.3 is 0 Å². The summed E-state index contributed by atoms with van der Waals surface area (Å²) in [6.07, 6.45) is 2.07. The minimum Gasteiger partial charge on any atom is -0.507 e. The standard InChI is InChI=1S/C50H38N5O.Pt/c1-50(2,3)36-28-29-42(40(31-36)33-16-6-4-7-17-33)53-32-41(51-48(53)39-22-10-13-27-46(39)56)35-19-14-18-34(30-35)38-23-15-26-45-47(38)52-49-54(37-20-8-5-9-21-37)43-24-11-12-25-44(43)55(45)49;/h4-29,31-32,56H,1-3H3;/q-1;. The van der Waals surface area contributed by atoms with Gasteiger partial charge < -0.3 is 9.67 Å². The number of aromatic nitrogens is 5. The number of imidazole rings is 3. The van der Waals surface area contributed by atoms with Crippen LogP contribution in [0.25, 0.3) is 84.1 Å². The molecule has 0 aliphatic rings. The van der Waals surface area contributed by atoms with Crippen molar-refractivity contribution >= 4 is 27.8 Å². The normalized spacial score (nSPS) is 11.7. The predicted octanol–water partition coefficient (Wildman–Crippen LogP) is 12.1. The smallest absolute Gasteiger partial charge is 0.220 e. The van der Waals surface area contributed by atoms with Gasteiger partial charge in [-0.15, -0.1) is 29.8 Å². The van der Waals surface area contributed by atoms with E-state index >= 15 is 0 Å². The van der Waals surface area contributed by atoms with Gasteiger partial charge in [-0.3, -0.25) is 14.0 Å². The van der Waals surface area contributed by atoms with Crippen LogP contribution in [-0.2, 0) is 26.5 Å². The topological polar surface area (TPSA) is 60.3 Å². The number of hydrogen-bond acceptors (Lipinski definition) is 3. The Bertz CT molecular complexity index is 3080. The van der Waals surface area contributed by atoms with Crippen molar-refractivity contribution in [3.05, 3.63) is 182 Å². The van der Waals surface area contributed by atoms with E-state index in [1.807, 2.05) is 36.4 Å². The molecule has 0 saturated carbocycles. The number of para-hydroxylation sites is 5. The number of fused-ring (bicyclic) bond motifs is 5. The summed E-state index contributed by atoms with van der Waals surface area (Å²) in [6.45, 7) is 6.70. The van der Waals surface area contributed by atoms with Crippen molar-refractivity contribution in [3.63, 3.8) is 0 Å². The molecule has 280 valence electrons. The van der Waals surface area contributed by atoms with Crippen LogP contribution >= 0.6 is 0 Å². The molecule has 10 rings (SSSR count). The summed E-state index contributed by atoms with van der Waals surface area (Å²) in [5, 5.41) is 11.2. The van der Waals surface area contributed by atoms with Gasteiger partial charge in [0.15, 0.2) is 0 Å². The van der Waals surface area contributed by atoms with Crippen LogP contribution in [0.1, 0.15) is 26.3 Å². The molecule has 10 aromatic rings. The molecule has 0 bridgehead atoms. The molecule has 3 heterocycles. The SMILES string of the molecule is CC(C)(C)c1ccc(-n2cc(-c3[c-]c(-c4cccc5c4nc4n(-c6ccccc6)c6ccccc6n54)ccc3)nc2-c2ccccc2O)c(-c2ccccc2)c1.[Pt]. The molecule has 0 radical (unpaired) electrons. The van der Waals surface area contributed by atoms with Crippen molar-refractivity contribution in [2.45, 2.75) is 26.2 Å². The van der Waals surface area contributed by atoms with Crippen LogP contribution in [-0.4, -0.2) is 28.6 Å². The zero-order valence-corrected chi connectivity index (χ0v) is 33.9. The number of aromatic hydroxyl groups is 1. The van der Waals surface area contributed by atoms with Crippen molar-refractivity contribution in [1.82, 2.24) is 23.5 Å². The van der Waals surface area contributed by atoms with Crippen LogP contribution in [0.3, 0.4) is 0 Å². The maximum Gasteiger partial charge on any atom is 0.220 e. The fraction of sp³-hybridized carbons (Fsp3) is 0.0800. The van der Waals surface area contributed by atoms with Crippen molar-refractivity contribution in [2.75, 3.05) is 0 Å². The van der Waals surface area contributed by atoms with Crippen LogP contribution in [0.15, 0.2) is 170 Å². The maximum atomic E-state index is 11.2. The Kier molecular flexibility index (Phi) is 9.02. The summed E-state index contributed by atoms with van der Waals surface area (Å²) in [5.74, 6) is 1.67. The van der Waals surface area contributed by atoms with Crippen molar-refractivity contribution in [2.24, 2.45) is 0 Å². The summed E-state index contributed by atoms with van der Waals surface area (Å²) in [7, 11) is 0. The number of benzene rings is 7. The third kappa shape index (κ3) is 6.18. The monoisotopic (exact) mass is 919 g/mol. The van der Waals surface area contributed by atoms with Crippen LogP contribution in [0.4, 0.5) is 0 Å². The summed E-state index contributed by atoms with van der Waals surface area (Å²) >= 11 is 0. The minimum absolute atomic E-state index is 0. The third-order valence-electron chi connectivity index (χ3n) is 10.7. The van der Waals surface area contributed by atoms with E-state index in [4.69, 9.17) is 9.97 Å². The summed E-state index contributed by atoms with van der Waals surface area (Å²) in [4.78, 5) is 10.6. The van der Waals surface area contributed by atoms with E-state index in [1.54, 1.807) is 6.07 Å². The Morgan fingerprint density at radius 3 is 2.00 bits per heavy atom. The van der Waals surface area contributed by atoms with Gasteiger partial charge in [0.2, 0.25) is 5.78 Å². The van der Waals surface area contributed by atoms with Crippen molar-refractivity contribution in [3.8, 4) is 62.0 Å². The molecule has 7 heteroatoms. The Morgan fingerprint density at radius 2 is 1.23 bits per heavy atom. The zero-order chi connectivity index (χ0) is 38.0. The van der Waals surface area contributed by atoms with Crippen LogP contribution < -0.4 is 0 Å². The average molecular weight is 920 g/mol. The van der Waals surface area contributed by atoms with E-state index in [0.717, 1.165) is 72.7 Å². The molecule has 1 N–H and O–H groups in total. The molecule has 0 amide bonds. The second kappa shape index (κ2) is 14.2. The Morgan fingerprint density at radius 1 is 0.579 bits per heavy atom. The zero-order valence-electron chi connectivity index (χ0n) is 31.7. The van der Waals surface area contributed by atoms with E-state index < -0.39 is 0 Å². The molecule has 57 heavy (non-hydrogen) atoms. The molecule has 0 fully saturated rings. The molecule has 7 aromatic carbocycles. The second-order valence-electron chi connectivity index (χ2n) is 15.2. The largest absolute Gasteiger partial charge is 0.507 e. The maximum absolute atomic E-state index is 11.2. The molecule has 0 aliphatic carbocycles. The van der Waals surface area contributed by atoms with E-state index in [-0.39, 0.29) is 32.2 Å². The van der Waals surface area contributed by atoms with Crippen LogP contribution in [0.5, 0.6) is 5.75 Å². The van der Waals surface area contributed by atoms with Gasteiger partial charge in [-0.05, 0) is 71.1 Å². The van der Waals surface area contributed by atoms with Crippen LogP contribution in [0, 0.1) is 6.07 Å². The fourth-order valence-corrected chi connectivity index (χ4v) is 7.86. The van der Waals surface area contributed by atoms with Gasteiger partial charge in [0, 0.05) is 44.2 Å². The van der Waals surface area contributed by atoms with Crippen molar-refractivity contribution < 1.29 is 26.2 Å². The first-order chi connectivity index (χ1) is 27.3. The number of hydrogen-bond donors (Lipinski definition) is 1. The average Bonchev–Trinajstić information content (AvgIpc) is 3.93. The van der Waals surface area contributed by atoms with E-state index in [0.29, 0.717) is 11.4 Å². The van der Waals surface area contributed by atoms with E-state index in [2.05, 4.69) is 168 Å². The van der Waals surface area contributed by atoms with Crippen LogP contribution in [0.2, 0.25) is 0 Å². The second-order valence-corrected chi connectivity index (χ2v) is 15.2. The number of phenolic OH excluding ortho intramolecular Hbond substituents is 1. The van der Waals surface area contributed by atoms with Gasteiger partial charge in [-0.25, -0.2) is 4.98 Å².